The third kappa shape index (κ3) is 4.76. The highest BCUT2D eigenvalue weighted by atomic mass is 35.5. The second-order valence-electron chi connectivity index (χ2n) is 6.63. The number of nitrogens with one attached hydrogen (secondary N) is 1. The molecule has 1 aliphatic heterocycles. The third-order valence-corrected chi connectivity index (χ3v) is 6.93. The van der Waals surface area contributed by atoms with Crippen molar-refractivity contribution in [1.82, 2.24) is 5.32 Å². The van der Waals surface area contributed by atoms with Crippen LogP contribution < -0.4 is 19.1 Å². The molecule has 9 heteroatoms. The van der Waals surface area contributed by atoms with Gasteiger partial charge in [0.15, 0.2) is 11.5 Å². The molecule has 0 radical (unpaired) electrons. The van der Waals surface area contributed by atoms with Crippen LogP contribution in [0.2, 0.25) is 5.02 Å². The first kappa shape index (κ1) is 21.3. The number of hydrogen-bond donors (Lipinski definition) is 1. The number of nitrogens with zero attached hydrogens (tertiary/aromatic N) is 1. The van der Waals surface area contributed by atoms with Crippen LogP contribution in [0.3, 0.4) is 0 Å². The van der Waals surface area contributed by atoms with E-state index in [9.17, 15) is 13.2 Å². The summed E-state index contributed by atoms with van der Waals surface area (Å²) in [5, 5.41) is 3.07. The number of ether oxygens (including phenoxy) is 2. The summed E-state index contributed by atoms with van der Waals surface area (Å²) in [6.45, 7) is 0.651. The Morgan fingerprint density at radius 2 is 1.86 bits per heavy atom. The molecule has 29 heavy (non-hydrogen) atoms. The maximum absolute atomic E-state index is 12.7. The molecule has 1 saturated heterocycles. The van der Waals surface area contributed by atoms with Gasteiger partial charge in [-0.3, -0.25) is 9.10 Å². The van der Waals surface area contributed by atoms with Gasteiger partial charge in [-0.1, -0.05) is 17.7 Å². The van der Waals surface area contributed by atoms with E-state index in [1.165, 1.54) is 10.4 Å². The molecule has 2 aromatic rings. The van der Waals surface area contributed by atoms with Crippen molar-refractivity contribution in [3.05, 3.63) is 52.5 Å². The Bertz CT molecular complexity index is 1010. The number of carbonyl (C=O) groups excluding carboxylic acids is 1. The molecule has 0 unspecified atom stereocenters. The summed E-state index contributed by atoms with van der Waals surface area (Å²) in [5.41, 5.74) is 1.50. The number of hydrogen-bond acceptors (Lipinski definition) is 5. The highest BCUT2D eigenvalue weighted by Crippen LogP contribution is 2.29. The van der Waals surface area contributed by atoms with Gasteiger partial charge in [-0.05, 0) is 48.7 Å². The Hall–Kier alpha value is -2.45. The van der Waals surface area contributed by atoms with E-state index in [2.05, 4.69) is 5.32 Å². The van der Waals surface area contributed by atoms with Gasteiger partial charge < -0.3 is 14.8 Å². The van der Waals surface area contributed by atoms with Crippen LogP contribution in [-0.4, -0.2) is 40.8 Å². The fourth-order valence-electron chi connectivity index (χ4n) is 3.19. The number of benzene rings is 2. The molecule has 7 nitrogen and oxygen atoms in total. The van der Waals surface area contributed by atoms with Crippen molar-refractivity contribution in [2.75, 3.05) is 30.8 Å². The lowest BCUT2D eigenvalue weighted by molar-refractivity contribution is 0.0951. The first-order valence-corrected chi connectivity index (χ1v) is 11.1. The largest absolute Gasteiger partial charge is 0.493 e. The van der Waals surface area contributed by atoms with E-state index >= 15 is 0 Å². The van der Waals surface area contributed by atoms with Gasteiger partial charge in [0.25, 0.3) is 5.91 Å². The van der Waals surface area contributed by atoms with E-state index in [0.29, 0.717) is 30.2 Å². The maximum atomic E-state index is 12.7. The molecule has 0 bridgehead atoms. The summed E-state index contributed by atoms with van der Waals surface area (Å²) < 4.78 is 36.5. The van der Waals surface area contributed by atoms with Crippen molar-refractivity contribution in [2.24, 2.45) is 0 Å². The Balaban J connectivity index is 1.77. The number of anilines is 1. The Labute approximate surface area is 175 Å². The molecule has 0 atom stereocenters. The van der Waals surface area contributed by atoms with Gasteiger partial charge in [0.1, 0.15) is 0 Å². The van der Waals surface area contributed by atoms with Crippen LogP contribution in [0.25, 0.3) is 0 Å². The van der Waals surface area contributed by atoms with E-state index in [1.54, 1.807) is 38.5 Å². The molecule has 0 aliphatic carbocycles. The molecule has 1 aliphatic rings. The van der Waals surface area contributed by atoms with Crippen molar-refractivity contribution in [2.45, 2.75) is 19.4 Å². The normalized spacial score (nSPS) is 15.6. The predicted octanol–water partition coefficient (Wildman–Crippen LogP) is 3.22. The number of carbonyl (C=O) groups is 1. The van der Waals surface area contributed by atoms with Crippen molar-refractivity contribution >= 4 is 33.2 Å². The van der Waals surface area contributed by atoms with Crippen LogP contribution in [0.15, 0.2) is 36.4 Å². The lowest BCUT2D eigenvalue weighted by atomic mass is 10.1. The molecule has 156 valence electrons. The van der Waals surface area contributed by atoms with Crippen molar-refractivity contribution < 1.29 is 22.7 Å². The summed E-state index contributed by atoms with van der Waals surface area (Å²) in [5.74, 6) is 0.882. The third-order valence-electron chi connectivity index (χ3n) is 4.73. The smallest absolute Gasteiger partial charge is 0.253 e. The fourth-order valence-corrected chi connectivity index (χ4v) is 5.02. The lowest BCUT2D eigenvalue weighted by Gasteiger charge is -2.28. The topological polar surface area (TPSA) is 84.9 Å². The number of sulfonamides is 1. The van der Waals surface area contributed by atoms with Gasteiger partial charge in [0, 0.05) is 13.1 Å². The molecule has 1 fully saturated rings. The van der Waals surface area contributed by atoms with E-state index < -0.39 is 10.0 Å². The average molecular weight is 439 g/mol. The van der Waals surface area contributed by atoms with Crippen LogP contribution in [0.1, 0.15) is 28.8 Å². The molecule has 0 aromatic heterocycles. The van der Waals surface area contributed by atoms with Gasteiger partial charge in [-0.2, -0.15) is 0 Å². The molecule has 2 aromatic carbocycles. The average Bonchev–Trinajstić information content (AvgIpc) is 2.72. The second-order valence-corrected chi connectivity index (χ2v) is 9.05. The molecular formula is C20H23ClN2O5S. The zero-order chi connectivity index (χ0) is 21.0. The number of rotatable bonds is 6. The van der Waals surface area contributed by atoms with Crippen LogP contribution in [-0.2, 0) is 16.6 Å². The minimum Gasteiger partial charge on any atom is -0.493 e. The van der Waals surface area contributed by atoms with Crippen molar-refractivity contribution in [3.63, 3.8) is 0 Å². The summed E-state index contributed by atoms with van der Waals surface area (Å²) in [6, 6.07) is 10.0. The molecular weight excluding hydrogens is 416 g/mol. The zero-order valence-corrected chi connectivity index (χ0v) is 17.8. The van der Waals surface area contributed by atoms with Crippen molar-refractivity contribution in [3.8, 4) is 11.5 Å². The molecule has 1 amide bonds. The van der Waals surface area contributed by atoms with E-state index in [0.717, 1.165) is 12.0 Å². The molecule has 1 heterocycles. The van der Waals surface area contributed by atoms with Gasteiger partial charge >= 0.3 is 0 Å². The van der Waals surface area contributed by atoms with Gasteiger partial charge in [-0.15, -0.1) is 0 Å². The fraction of sp³-hybridized carbons (Fsp3) is 0.350. The Morgan fingerprint density at radius 1 is 1.10 bits per heavy atom. The van der Waals surface area contributed by atoms with Crippen LogP contribution in [0.5, 0.6) is 11.5 Å². The maximum Gasteiger partial charge on any atom is 0.253 e. The molecule has 0 spiro atoms. The van der Waals surface area contributed by atoms with Crippen LogP contribution >= 0.6 is 11.6 Å². The quantitative estimate of drug-likeness (QED) is 0.748. The molecule has 0 saturated carbocycles. The highest BCUT2D eigenvalue weighted by molar-refractivity contribution is 7.92. The zero-order valence-electron chi connectivity index (χ0n) is 16.3. The number of amides is 1. The first-order chi connectivity index (χ1) is 13.9. The predicted molar refractivity (Wildman–Crippen MR) is 113 cm³/mol. The lowest BCUT2D eigenvalue weighted by Crippen LogP contribution is -2.38. The first-order valence-electron chi connectivity index (χ1n) is 9.15. The monoisotopic (exact) mass is 438 g/mol. The second kappa shape index (κ2) is 8.92. The van der Waals surface area contributed by atoms with Crippen molar-refractivity contribution in [1.29, 1.82) is 0 Å². The van der Waals surface area contributed by atoms with Gasteiger partial charge in [-0.25, -0.2) is 8.42 Å². The Kier molecular flexibility index (Phi) is 6.54. The van der Waals surface area contributed by atoms with Crippen LogP contribution in [0.4, 0.5) is 5.69 Å². The highest BCUT2D eigenvalue weighted by Gasteiger charge is 2.27. The van der Waals surface area contributed by atoms with E-state index in [1.807, 2.05) is 6.07 Å². The Morgan fingerprint density at radius 3 is 2.55 bits per heavy atom. The van der Waals surface area contributed by atoms with Gasteiger partial charge in [0.2, 0.25) is 10.0 Å². The van der Waals surface area contributed by atoms with Gasteiger partial charge in [0.05, 0.1) is 36.2 Å². The van der Waals surface area contributed by atoms with E-state index in [-0.39, 0.29) is 28.8 Å². The summed E-state index contributed by atoms with van der Waals surface area (Å²) >= 11 is 6.20. The number of methoxy groups -OCH3 is 2. The number of halogens is 1. The minimum absolute atomic E-state index is 0.108. The summed E-state index contributed by atoms with van der Waals surface area (Å²) in [4.78, 5) is 12.7. The summed E-state index contributed by atoms with van der Waals surface area (Å²) in [6.07, 6.45) is 1.42. The standard InChI is InChI=1S/C20H23ClN2O5S/c1-27-18-8-5-14(11-19(18)28-2)13-22-20(24)16-12-15(6-7-17(16)21)23-9-3-4-10-29(23,25)26/h5-8,11-12H,3-4,9-10,13H2,1-2H3,(H,22,24). The van der Waals surface area contributed by atoms with E-state index in [4.69, 9.17) is 21.1 Å². The SMILES string of the molecule is COc1ccc(CNC(=O)c2cc(N3CCCCS3(=O)=O)ccc2Cl)cc1OC. The minimum atomic E-state index is -3.37. The molecule has 3 rings (SSSR count). The molecule has 1 N–H and O–H groups in total. The van der Waals surface area contributed by atoms with Crippen LogP contribution in [0, 0.1) is 0 Å². The summed E-state index contributed by atoms with van der Waals surface area (Å²) in [7, 11) is -0.275.